The van der Waals surface area contributed by atoms with E-state index >= 15 is 0 Å². The van der Waals surface area contributed by atoms with Crippen LogP contribution in [0.1, 0.15) is 12.6 Å². The minimum absolute atomic E-state index is 0.112. The Morgan fingerprint density at radius 1 is 1.08 bits per heavy atom. The number of anilines is 2. The molecule has 1 aromatic heterocycles. The molecule has 3 heterocycles. The fourth-order valence-electron chi connectivity index (χ4n) is 4.20. The first-order valence-electron chi connectivity index (χ1n) is 12.1. The second-order valence-electron chi connectivity index (χ2n) is 9.14. The first-order valence-corrected chi connectivity index (χ1v) is 14.2. The van der Waals surface area contributed by atoms with Gasteiger partial charge in [-0.25, -0.2) is 23.2 Å². The summed E-state index contributed by atoms with van der Waals surface area (Å²) in [5.41, 5.74) is 1.81. The molecule has 12 heteroatoms. The van der Waals surface area contributed by atoms with Crippen LogP contribution in [0.3, 0.4) is 0 Å². The van der Waals surface area contributed by atoms with Gasteiger partial charge in [0, 0.05) is 56.3 Å². The highest BCUT2D eigenvalue weighted by molar-refractivity contribution is 7.89. The highest BCUT2D eigenvalue weighted by Crippen LogP contribution is 2.25. The Morgan fingerprint density at radius 2 is 1.81 bits per heavy atom. The van der Waals surface area contributed by atoms with Crippen LogP contribution in [0.2, 0.25) is 0 Å². The van der Waals surface area contributed by atoms with Gasteiger partial charge in [0.2, 0.25) is 0 Å². The predicted molar refractivity (Wildman–Crippen MR) is 138 cm³/mol. The number of nitrogens with one attached hydrogen (secondary N) is 2. The van der Waals surface area contributed by atoms with Crippen LogP contribution >= 0.6 is 0 Å². The Kier molecular flexibility index (Phi) is 8.72. The standard InChI is InChI=1S/C24H34N6O5S/c1-18-16-35-14-11-30(18)22-15-21(17-36(2,32)33)26-23(28-22)19-3-5-20(6-4-19)27-24(31)25-7-8-29-9-12-34-13-10-29/h3-6,15,18H,7-14,16-17H2,1-2H3,(H2,25,27,31)/t18-/m0/s1. The van der Waals surface area contributed by atoms with Crippen molar-refractivity contribution in [2.45, 2.75) is 18.7 Å². The average molecular weight is 519 g/mol. The maximum absolute atomic E-state index is 12.3. The van der Waals surface area contributed by atoms with E-state index in [1.54, 1.807) is 18.2 Å². The molecular weight excluding hydrogens is 484 g/mol. The fourth-order valence-corrected chi connectivity index (χ4v) is 4.88. The van der Waals surface area contributed by atoms with Crippen molar-refractivity contribution < 1.29 is 22.7 Å². The molecule has 2 fully saturated rings. The topological polar surface area (TPSA) is 126 Å². The van der Waals surface area contributed by atoms with Gasteiger partial charge in [-0.2, -0.15) is 0 Å². The van der Waals surface area contributed by atoms with E-state index < -0.39 is 9.84 Å². The monoisotopic (exact) mass is 518 g/mol. The van der Waals surface area contributed by atoms with Crippen LogP contribution in [0.4, 0.5) is 16.3 Å². The molecule has 1 aromatic carbocycles. The highest BCUT2D eigenvalue weighted by atomic mass is 32.2. The molecule has 0 unspecified atom stereocenters. The molecule has 196 valence electrons. The van der Waals surface area contributed by atoms with Gasteiger partial charge in [-0.1, -0.05) is 0 Å². The molecule has 0 saturated carbocycles. The van der Waals surface area contributed by atoms with E-state index in [2.05, 4.69) is 25.4 Å². The van der Waals surface area contributed by atoms with E-state index in [0.717, 1.165) is 38.4 Å². The van der Waals surface area contributed by atoms with Crippen molar-refractivity contribution in [3.8, 4) is 11.4 Å². The third kappa shape index (κ3) is 7.60. The normalized spacial score (nSPS) is 19.2. The van der Waals surface area contributed by atoms with Crippen LogP contribution in [0.15, 0.2) is 30.3 Å². The maximum atomic E-state index is 12.3. The van der Waals surface area contributed by atoms with E-state index in [-0.39, 0.29) is 17.8 Å². The molecule has 11 nitrogen and oxygen atoms in total. The van der Waals surface area contributed by atoms with Gasteiger partial charge in [0.25, 0.3) is 0 Å². The van der Waals surface area contributed by atoms with E-state index in [9.17, 15) is 13.2 Å². The third-order valence-electron chi connectivity index (χ3n) is 6.06. The van der Waals surface area contributed by atoms with Crippen LogP contribution < -0.4 is 15.5 Å². The number of rotatable bonds is 8. The van der Waals surface area contributed by atoms with Gasteiger partial charge < -0.3 is 25.0 Å². The average Bonchev–Trinajstić information content (AvgIpc) is 2.84. The molecule has 4 rings (SSSR count). The molecule has 2 saturated heterocycles. The number of carbonyl (C=O) groups is 1. The smallest absolute Gasteiger partial charge is 0.319 e. The first kappa shape index (κ1) is 26.3. The molecule has 2 N–H and O–H groups in total. The summed E-state index contributed by atoms with van der Waals surface area (Å²) in [7, 11) is -3.27. The summed E-state index contributed by atoms with van der Waals surface area (Å²) in [5, 5.41) is 5.71. The number of ether oxygens (including phenoxy) is 2. The molecule has 1 atom stereocenters. The zero-order chi connectivity index (χ0) is 25.5. The molecule has 0 radical (unpaired) electrons. The van der Waals surface area contributed by atoms with Gasteiger partial charge in [0.1, 0.15) is 5.82 Å². The van der Waals surface area contributed by atoms with Crippen LogP contribution in [0.5, 0.6) is 0 Å². The van der Waals surface area contributed by atoms with Gasteiger partial charge >= 0.3 is 6.03 Å². The lowest BCUT2D eigenvalue weighted by atomic mass is 10.2. The van der Waals surface area contributed by atoms with Gasteiger partial charge in [-0.05, 0) is 31.2 Å². The van der Waals surface area contributed by atoms with Crippen LogP contribution in [-0.4, -0.2) is 101 Å². The van der Waals surface area contributed by atoms with Crippen molar-refractivity contribution in [1.82, 2.24) is 20.2 Å². The highest BCUT2D eigenvalue weighted by Gasteiger charge is 2.22. The summed E-state index contributed by atoms with van der Waals surface area (Å²) < 4.78 is 34.8. The Hall–Kier alpha value is -2.80. The SMILES string of the molecule is C[C@H]1COCCN1c1cc(CS(C)(=O)=O)nc(-c2ccc(NC(=O)NCCN3CCOCC3)cc2)n1. The number of benzene rings is 1. The summed E-state index contributed by atoms with van der Waals surface area (Å²) in [5.74, 6) is 0.945. The number of hydrogen-bond donors (Lipinski definition) is 2. The van der Waals surface area contributed by atoms with Gasteiger partial charge in [0.05, 0.1) is 43.9 Å². The largest absolute Gasteiger partial charge is 0.379 e. The van der Waals surface area contributed by atoms with E-state index in [0.29, 0.717) is 49.3 Å². The number of nitrogens with zero attached hydrogens (tertiary/aromatic N) is 4. The molecular formula is C24H34N6O5S. The Labute approximate surface area is 212 Å². The van der Waals surface area contributed by atoms with Crippen molar-refractivity contribution in [3.63, 3.8) is 0 Å². The summed E-state index contributed by atoms with van der Waals surface area (Å²) in [6.07, 6.45) is 1.19. The van der Waals surface area contributed by atoms with Crippen molar-refractivity contribution in [2.24, 2.45) is 0 Å². The number of morpholine rings is 2. The number of hydrogen-bond acceptors (Lipinski definition) is 9. The quantitative estimate of drug-likeness (QED) is 0.533. The van der Waals surface area contributed by atoms with Crippen LogP contribution in [0.25, 0.3) is 11.4 Å². The van der Waals surface area contributed by atoms with Crippen LogP contribution in [-0.2, 0) is 25.1 Å². The molecule has 2 aromatic rings. The van der Waals surface area contributed by atoms with E-state index in [4.69, 9.17) is 14.5 Å². The first-order chi connectivity index (χ1) is 17.3. The minimum atomic E-state index is -3.27. The Balaban J connectivity index is 1.43. The molecule has 0 spiro atoms. The van der Waals surface area contributed by atoms with Crippen molar-refractivity contribution in [1.29, 1.82) is 0 Å². The minimum Gasteiger partial charge on any atom is -0.379 e. The van der Waals surface area contributed by atoms with E-state index in [1.807, 2.05) is 19.1 Å². The molecule has 36 heavy (non-hydrogen) atoms. The molecule has 0 aliphatic carbocycles. The summed E-state index contributed by atoms with van der Waals surface area (Å²) in [6.45, 7) is 8.42. The number of aromatic nitrogens is 2. The Morgan fingerprint density at radius 3 is 2.50 bits per heavy atom. The van der Waals surface area contributed by atoms with Gasteiger partial charge in [-0.3, -0.25) is 4.90 Å². The van der Waals surface area contributed by atoms with E-state index in [1.165, 1.54) is 6.26 Å². The number of carbonyl (C=O) groups excluding carboxylic acids is 1. The van der Waals surface area contributed by atoms with Crippen molar-refractivity contribution in [3.05, 3.63) is 36.0 Å². The van der Waals surface area contributed by atoms with Gasteiger partial charge in [0.15, 0.2) is 15.7 Å². The summed E-state index contributed by atoms with van der Waals surface area (Å²) >= 11 is 0. The zero-order valence-electron chi connectivity index (χ0n) is 20.8. The molecule has 2 aliphatic heterocycles. The predicted octanol–water partition coefficient (Wildman–Crippen LogP) is 1.37. The van der Waals surface area contributed by atoms with Crippen molar-refractivity contribution in [2.75, 3.05) is 75.6 Å². The zero-order valence-corrected chi connectivity index (χ0v) is 21.6. The maximum Gasteiger partial charge on any atom is 0.319 e. The lowest BCUT2D eigenvalue weighted by Gasteiger charge is -2.34. The van der Waals surface area contributed by atoms with Crippen LogP contribution in [0, 0.1) is 0 Å². The summed E-state index contributed by atoms with van der Waals surface area (Å²) in [6, 6.07) is 8.77. The Bertz CT molecular complexity index is 1140. The second kappa shape index (κ2) is 12.0. The molecule has 2 aliphatic rings. The fraction of sp³-hybridized carbons (Fsp3) is 0.542. The van der Waals surface area contributed by atoms with Crippen molar-refractivity contribution >= 4 is 27.4 Å². The molecule has 2 amide bonds. The summed E-state index contributed by atoms with van der Waals surface area (Å²) in [4.78, 5) is 25.9. The van der Waals surface area contributed by atoms with Gasteiger partial charge in [-0.15, -0.1) is 0 Å². The molecule has 0 bridgehead atoms. The lowest BCUT2D eigenvalue weighted by Crippen LogP contribution is -2.44. The number of urea groups is 1. The number of sulfone groups is 1. The third-order valence-corrected chi connectivity index (χ3v) is 6.88. The number of amides is 2. The lowest BCUT2D eigenvalue weighted by molar-refractivity contribution is 0.0388. The second-order valence-corrected chi connectivity index (χ2v) is 11.3.